The Labute approximate surface area is 214 Å². The zero-order valence-corrected chi connectivity index (χ0v) is 20.7. The van der Waals surface area contributed by atoms with E-state index in [9.17, 15) is 9.59 Å². The van der Waals surface area contributed by atoms with Crippen LogP contribution in [0.5, 0.6) is 23.0 Å². The Morgan fingerprint density at radius 3 is 2.24 bits per heavy atom. The first kappa shape index (κ1) is 25.2. The zero-order valence-electron chi connectivity index (χ0n) is 20.7. The second-order valence-corrected chi connectivity index (χ2v) is 7.90. The summed E-state index contributed by atoms with van der Waals surface area (Å²) in [5, 5.41) is 3.70. The van der Waals surface area contributed by atoms with Gasteiger partial charge >= 0.3 is 0 Å². The van der Waals surface area contributed by atoms with Gasteiger partial charge < -0.3 is 24.3 Å². The van der Waals surface area contributed by atoms with Gasteiger partial charge in [0.15, 0.2) is 23.9 Å². The Balaban J connectivity index is 1.36. The van der Waals surface area contributed by atoms with Gasteiger partial charge in [-0.3, -0.25) is 14.6 Å². The molecule has 0 saturated carbocycles. The number of para-hydroxylation sites is 1. The molecular weight excluding hydrogens is 472 g/mol. The third kappa shape index (κ3) is 6.05. The molecule has 0 radical (unpaired) electrons. The number of ketones is 1. The molecule has 8 heteroatoms. The quantitative estimate of drug-likeness (QED) is 0.238. The molecule has 0 unspecified atom stereocenters. The van der Waals surface area contributed by atoms with Crippen LogP contribution in [0.2, 0.25) is 0 Å². The molecule has 0 atom stereocenters. The highest BCUT2D eigenvalue weighted by molar-refractivity contribution is 6.07. The van der Waals surface area contributed by atoms with E-state index in [0.717, 1.165) is 5.39 Å². The van der Waals surface area contributed by atoms with Crippen LogP contribution in [0.3, 0.4) is 0 Å². The summed E-state index contributed by atoms with van der Waals surface area (Å²) in [5.41, 5.74) is 2.43. The van der Waals surface area contributed by atoms with Crippen LogP contribution in [0, 0.1) is 0 Å². The first-order valence-corrected chi connectivity index (χ1v) is 11.4. The van der Waals surface area contributed by atoms with Gasteiger partial charge in [0.25, 0.3) is 5.91 Å². The largest absolute Gasteiger partial charge is 0.493 e. The molecule has 1 aromatic heterocycles. The van der Waals surface area contributed by atoms with E-state index in [1.54, 1.807) is 54.7 Å². The SMILES string of the molecule is COc1cc(/C=C/C(=O)c2ccc(NC(=O)COc3cccc4cccnc34)cc2)cc(OC)c1OC. The maximum atomic E-state index is 12.7. The van der Waals surface area contributed by atoms with Crippen molar-refractivity contribution in [2.45, 2.75) is 0 Å². The lowest BCUT2D eigenvalue weighted by atomic mass is 10.1. The van der Waals surface area contributed by atoms with Crippen LogP contribution in [0.15, 0.2) is 79.0 Å². The molecule has 1 heterocycles. The average molecular weight is 499 g/mol. The second-order valence-electron chi connectivity index (χ2n) is 7.90. The summed E-state index contributed by atoms with van der Waals surface area (Å²) in [6, 6.07) is 19.4. The van der Waals surface area contributed by atoms with Gasteiger partial charge in [-0.05, 0) is 60.2 Å². The van der Waals surface area contributed by atoms with Gasteiger partial charge in [-0.15, -0.1) is 0 Å². The van der Waals surface area contributed by atoms with Crippen molar-refractivity contribution in [1.82, 2.24) is 4.98 Å². The number of pyridine rings is 1. The van der Waals surface area contributed by atoms with Gasteiger partial charge in [0, 0.05) is 22.8 Å². The summed E-state index contributed by atoms with van der Waals surface area (Å²) in [6.07, 6.45) is 4.81. The molecular formula is C29H26N2O6. The molecule has 37 heavy (non-hydrogen) atoms. The number of rotatable bonds is 10. The monoisotopic (exact) mass is 498 g/mol. The lowest BCUT2D eigenvalue weighted by Gasteiger charge is -2.12. The molecule has 0 aliphatic heterocycles. The lowest BCUT2D eigenvalue weighted by Crippen LogP contribution is -2.20. The third-order valence-corrected chi connectivity index (χ3v) is 5.52. The van der Waals surface area contributed by atoms with Crippen LogP contribution in [0.1, 0.15) is 15.9 Å². The van der Waals surface area contributed by atoms with Crippen molar-refractivity contribution in [1.29, 1.82) is 0 Å². The van der Waals surface area contributed by atoms with E-state index >= 15 is 0 Å². The Morgan fingerprint density at radius 2 is 1.57 bits per heavy atom. The van der Waals surface area contributed by atoms with Gasteiger partial charge in [-0.25, -0.2) is 0 Å². The van der Waals surface area contributed by atoms with Crippen molar-refractivity contribution in [3.8, 4) is 23.0 Å². The number of nitrogens with one attached hydrogen (secondary N) is 1. The number of hydrogen-bond donors (Lipinski definition) is 1. The fraction of sp³-hybridized carbons (Fsp3) is 0.138. The van der Waals surface area contributed by atoms with Crippen molar-refractivity contribution in [2.24, 2.45) is 0 Å². The summed E-state index contributed by atoms with van der Waals surface area (Å²) < 4.78 is 21.7. The van der Waals surface area contributed by atoms with E-state index in [1.807, 2.05) is 24.3 Å². The number of fused-ring (bicyclic) bond motifs is 1. The van der Waals surface area contributed by atoms with Crippen LogP contribution in [0.25, 0.3) is 17.0 Å². The van der Waals surface area contributed by atoms with Crippen molar-refractivity contribution in [3.63, 3.8) is 0 Å². The third-order valence-electron chi connectivity index (χ3n) is 5.52. The van der Waals surface area contributed by atoms with E-state index in [1.165, 1.54) is 27.4 Å². The number of carbonyl (C=O) groups is 2. The highest BCUT2D eigenvalue weighted by atomic mass is 16.5. The van der Waals surface area contributed by atoms with E-state index in [-0.39, 0.29) is 18.3 Å². The molecule has 4 aromatic rings. The molecule has 188 valence electrons. The molecule has 0 saturated heterocycles. The molecule has 0 aliphatic rings. The van der Waals surface area contributed by atoms with Crippen molar-refractivity contribution in [3.05, 3.63) is 90.1 Å². The normalized spacial score (nSPS) is 10.8. The van der Waals surface area contributed by atoms with Gasteiger partial charge in [0.05, 0.1) is 21.3 Å². The second kappa shape index (κ2) is 11.7. The number of allylic oxidation sites excluding steroid dienone is 1. The van der Waals surface area contributed by atoms with Crippen molar-refractivity contribution >= 4 is 34.4 Å². The van der Waals surface area contributed by atoms with Gasteiger partial charge in [0.1, 0.15) is 11.3 Å². The minimum atomic E-state index is -0.325. The first-order chi connectivity index (χ1) is 18.0. The molecule has 0 bridgehead atoms. The number of carbonyl (C=O) groups excluding carboxylic acids is 2. The van der Waals surface area contributed by atoms with E-state index in [0.29, 0.717) is 45.3 Å². The van der Waals surface area contributed by atoms with Crippen LogP contribution in [0.4, 0.5) is 5.69 Å². The van der Waals surface area contributed by atoms with Crippen LogP contribution in [-0.4, -0.2) is 44.6 Å². The van der Waals surface area contributed by atoms with Crippen LogP contribution < -0.4 is 24.3 Å². The first-order valence-electron chi connectivity index (χ1n) is 11.4. The molecule has 0 spiro atoms. The average Bonchev–Trinajstić information content (AvgIpc) is 2.94. The van der Waals surface area contributed by atoms with Crippen LogP contribution in [-0.2, 0) is 4.79 Å². The number of ether oxygens (including phenoxy) is 4. The van der Waals surface area contributed by atoms with Crippen molar-refractivity contribution in [2.75, 3.05) is 33.3 Å². The molecule has 0 fully saturated rings. The molecule has 4 rings (SSSR count). The summed E-state index contributed by atoms with van der Waals surface area (Å²) in [7, 11) is 4.59. The van der Waals surface area contributed by atoms with E-state index in [4.69, 9.17) is 18.9 Å². The number of nitrogens with zero attached hydrogens (tertiary/aromatic N) is 1. The predicted octanol–water partition coefficient (Wildman–Crippen LogP) is 5.17. The number of aromatic nitrogens is 1. The highest BCUT2D eigenvalue weighted by Gasteiger charge is 2.13. The molecule has 1 N–H and O–H groups in total. The Hall–Kier alpha value is -4.85. The minimum Gasteiger partial charge on any atom is -0.493 e. The number of amides is 1. The van der Waals surface area contributed by atoms with Gasteiger partial charge in [-0.1, -0.05) is 24.3 Å². The fourth-order valence-electron chi connectivity index (χ4n) is 3.72. The number of methoxy groups -OCH3 is 3. The standard InChI is InChI=1S/C29H26N2O6/c1-34-25-16-19(17-26(35-2)29(25)36-3)9-14-23(32)20-10-12-22(13-11-20)31-27(33)18-37-24-8-4-6-21-7-5-15-30-28(21)24/h4-17H,18H2,1-3H3,(H,31,33)/b14-9+. The van der Waals surface area contributed by atoms with Gasteiger partial charge in [-0.2, -0.15) is 0 Å². The topological polar surface area (TPSA) is 96.0 Å². The maximum absolute atomic E-state index is 12.7. The molecule has 3 aromatic carbocycles. The van der Waals surface area contributed by atoms with Crippen molar-refractivity contribution < 1.29 is 28.5 Å². The predicted molar refractivity (Wildman–Crippen MR) is 142 cm³/mol. The van der Waals surface area contributed by atoms with E-state index < -0.39 is 0 Å². The van der Waals surface area contributed by atoms with E-state index in [2.05, 4.69) is 10.3 Å². The molecule has 0 aliphatic carbocycles. The number of hydrogen-bond acceptors (Lipinski definition) is 7. The summed E-state index contributed by atoms with van der Waals surface area (Å²) >= 11 is 0. The zero-order chi connectivity index (χ0) is 26.2. The highest BCUT2D eigenvalue weighted by Crippen LogP contribution is 2.38. The summed E-state index contributed by atoms with van der Waals surface area (Å²) in [5.74, 6) is 1.48. The fourth-order valence-corrected chi connectivity index (χ4v) is 3.72. The smallest absolute Gasteiger partial charge is 0.262 e. The molecule has 8 nitrogen and oxygen atoms in total. The van der Waals surface area contributed by atoms with Crippen LogP contribution >= 0.6 is 0 Å². The summed E-state index contributed by atoms with van der Waals surface area (Å²) in [6.45, 7) is -0.173. The Kier molecular flexibility index (Phi) is 8.00. The number of benzene rings is 3. The Bertz CT molecular complexity index is 1420. The number of anilines is 1. The lowest BCUT2D eigenvalue weighted by molar-refractivity contribution is -0.118. The maximum Gasteiger partial charge on any atom is 0.262 e. The minimum absolute atomic E-state index is 0.173. The molecule has 1 amide bonds. The summed E-state index contributed by atoms with van der Waals surface area (Å²) in [4.78, 5) is 29.4. The Morgan fingerprint density at radius 1 is 0.865 bits per heavy atom. The van der Waals surface area contributed by atoms with Gasteiger partial charge in [0.2, 0.25) is 5.75 Å².